The third kappa shape index (κ3) is 1.45. The molecule has 0 aromatic carbocycles. The van der Waals surface area contributed by atoms with Crippen LogP contribution < -0.4 is 5.32 Å². The van der Waals surface area contributed by atoms with Gasteiger partial charge in [-0.3, -0.25) is 0 Å². The Labute approximate surface area is 55.9 Å². The molecule has 0 saturated heterocycles. The third-order valence-electron chi connectivity index (χ3n) is 1.73. The summed E-state index contributed by atoms with van der Waals surface area (Å²) in [5, 5.41) is 3.14. The summed E-state index contributed by atoms with van der Waals surface area (Å²) in [6.07, 6.45) is 5.23. The fourth-order valence-electron chi connectivity index (χ4n) is 0.910. The molecular weight excluding hydrogens is 114 g/mol. The fraction of sp³-hybridized carbons (Fsp3) is 0.714. The lowest BCUT2D eigenvalue weighted by atomic mass is 10.1. The number of rotatable bonds is 2. The molecule has 1 heterocycles. The van der Waals surface area contributed by atoms with E-state index in [4.69, 9.17) is 4.74 Å². The molecule has 1 N–H and O–H groups in total. The van der Waals surface area contributed by atoms with Crippen LogP contribution in [0.5, 0.6) is 0 Å². The van der Waals surface area contributed by atoms with Crippen LogP contribution in [0.25, 0.3) is 0 Å². The molecule has 2 heteroatoms. The summed E-state index contributed by atoms with van der Waals surface area (Å²) in [5.74, 6) is 0. The summed E-state index contributed by atoms with van der Waals surface area (Å²) >= 11 is 0. The Balaban J connectivity index is 2.27. The predicted octanol–water partition coefficient (Wildman–Crippen LogP) is 0.897. The molecule has 52 valence electrons. The maximum absolute atomic E-state index is 5.26. The monoisotopic (exact) mass is 127 g/mol. The second-order valence-electron chi connectivity index (χ2n) is 2.36. The maximum Gasteiger partial charge on any atom is 0.116 e. The van der Waals surface area contributed by atoms with Crippen LogP contribution in [-0.4, -0.2) is 19.2 Å². The zero-order valence-electron chi connectivity index (χ0n) is 5.92. The van der Waals surface area contributed by atoms with Gasteiger partial charge < -0.3 is 10.1 Å². The molecule has 0 aliphatic carbocycles. The van der Waals surface area contributed by atoms with Crippen LogP contribution in [0.2, 0.25) is 0 Å². The molecule has 2 atom stereocenters. The molecule has 0 spiro atoms. The molecule has 0 bridgehead atoms. The molecule has 0 radical (unpaired) electrons. The molecule has 1 rings (SSSR count). The van der Waals surface area contributed by atoms with Crippen LogP contribution in [0.15, 0.2) is 12.3 Å². The SMILES string of the molecule is CNC(C)C1CC=CO1. The Morgan fingerprint density at radius 2 is 2.56 bits per heavy atom. The molecule has 0 amide bonds. The zero-order valence-corrected chi connectivity index (χ0v) is 5.92. The average Bonchev–Trinajstić information content (AvgIpc) is 2.37. The number of nitrogens with one attached hydrogen (secondary N) is 1. The average molecular weight is 127 g/mol. The smallest absolute Gasteiger partial charge is 0.116 e. The Bertz CT molecular complexity index is 103. The lowest BCUT2D eigenvalue weighted by Gasteiger charge is -2.17. The van der Waals surface area contributed by atoms with Gasteiger partial charge in [-0.25, -0.2) is 0 Å². The van der Waals surface area contributed by atoms with Crippen LogP contribution in [0.1, 0.15) is 13.3 Å². The Hall–Kier alpha value is -0.500. The third-order valence-corrected chi connectivity index (χ3v) is 1.73. The van der Waals surface area contributed by atoms with Crippen molar-refractivity contribution >= 4 is 0 Å². The van der Waals surface area contributed by atoms with Crippen LogP contribution in [0.3, 0.4) is 0 Å². The summed E-state index contributed by atoms with van der Waals surface area (Å²) in [4.78, 5) is 0. The minimum absolute atomic E-state index is 0.356. The van der Waals surface area contributed by atoms with Gasteiger partial charge in [0.2, 0.25) is 0 Å². The summed E-state index contributed by atoms with van der Waals surface area (Å²) in [6.45, 7) is 2.12. The summed E-state index contributed by atoms with van der Waals surface area (Å²) < 4.78 is 5.26. The number of likely N-dealkylation sites (N-methyl/N-ethyl adjacent to an activating group) is 1. The highest BCUT2D eigenvalue weighted by Gasteiger charge is 2.16. The van der Waals surface area contributed by atoms with Crippen molar-refractivity contribution < 1.29 is 4.74 Å². The summed E-state index contributed by atoms with van der Waals surface area (Å²) in [7, 11) is 1.95. The minimum atomic E-state index is 0.356. The first-order valence-electron chi connectivity index (χ1n) is 3.32. The fourth-order valence-corrected chi connectivity index (χ4v) is 0.910. The highest BCUT2D eigenvalue weighted by Crippen LogP contribution is 2.11. The molecule has 1 aliphatic rings. The number of ether oxygens (including phenoxy) is 1. The highest BCUT2D eigenvalue weighted by atomic mass is 16.5. The van der Waals surface area contributed by atoms with Crippen molar-refractivity contribution in [2.45, 2.75) is 25.5 Å². The molecule has 0 aromatic heterocycles. The van der Waals surface area contributed by atoms with E-state index in [0.717, 1.165) is 6.42 Å². The van der Waals surface area contributed by atoms with Crippen molar-refractivity contribution in [1.82, 2.24) is 5.32 Å². The van der Waals surface area contributed by atoms with Gasteiger partial charge in [0.05, 0.1) is 6.26 Å². The summed E-state index contributed by atoms with van der Waals surface area (Å²) in [6, 6.07) is 0.458. The largest absolute Gasteiger partial charge is 0.496 e. The van der Waals surface area contributed by atoms with Gasteiger partial charge in [-0.15, -0.1) is 0 Å². The Kier molecular flexibility index (Phi) is 2.11. The van der Waals surface area contributed by atoms with E-state index in [1.54, 1.807) is 6.26 Å². The lowest BCUT2D eigenvalue weighted by Crippen LogP contribution is -2.33. The van der Waals surface area contributed by atoms with Crippen molar-refractivity contribution in [3.63, 3.8) is 0 Å². The van der Waals surface area contributed by atoms with E-state index < -0.39 is 0 Å². The Morgan fingerprint density at radius 1 is 1.78 bits per heavy atom. The predicted molar refractivity (Wildman–Crippen MR) is 37.2 cm³/mol. The van der Waals surface area contributed by atoms with Crippen molar-refractivity contribution in [3.05, 3.63) is 12.3 Å². The van der Waals surface area contributed by atoms with Crippen LogP contribution in [0, 0.1) is 0 Å². The highest BCUT2D eigenvalue weighted by molar-refractivity contribution is 4.90. The normalized spacial score (nSPS) is 28.0. The van der Waals surface area contributed by atoms with Crippen molar-refractivity contribution in [2.75, 3.05) is 7.05 Å². The van der Waals surface area contributed by atoms with E-state index in [0.29, 0.717) is 12.1 Å². The molecular formula is C7H13NO. The van der Waals surface area contributed by atoms with Gasteiger partial charge in [0, 0.05) is 12.5 Å². The second kappa shape index (κ2) is 2.87. The van der Waals surface area contributed by atoms with Gasteiger partial charge in [-0.05, 0) is 20.0 Å². The first kappa shape index (κ1) is 6.62. The van der Waals surface area contributed by atoms with Crippen LogP contribution in [0.4, 0.5) is 0 Å². The standard InChI is InChI=1S/C7H13NO/c1-6(8-2)7-4-3-5-9-7/h3,5-8H,4H2,1-2H3. The van der Waals surface area contributed by atoms with Gasteiger partial charge in [-0.1, -0.05) is 0 Å². The van der Waals surface area contributed by atoms with Crippen molar-refractivity contribution in [1.29, 1.82) is 0 Å². The zero-order chi connectivity index (χ0) is 6.69. The molecule has 0 aromatic rings. The number of hydrogen-bond acceptors (Lipinski definition) is 2. The van der Waals surface area contributed by atoms with Gasteiger partial charge in [0.1, 0.15) is 6.10 Å². The maximum atomic E-state index is 5.26. The lowest BCUT2D eigenvalue weighted by molar-refractivity contribution is 0.137. The molecule has 0 saturated carbocycles. The van der Waals surface area contributed by atoms with E-state index in [1.165, 1.54) is 0 Å². The van der Waals surface area contributed by atoms with Crippen LogP contribution >= 0.6 is 0 Å². The van der Waals surface area contributed by atoms with Gasteiger partial charge in [-0.2, -0.15) is 0 Å². The van der Waals surface area contributed by atoms with Gasteiger partial charge in [0.25, 0.3) is 0 Å². The van der Waals surface area contributed by atoms with E-state index in [1.807, 2.05) is 7.05 Å². The van der Waals surface area contributed by atoms with E-state index in [2.05, 4.69) is 18.3 Å². The first-order valence-corrected chi connectivity index (χ1v) is 3.32. The first-order chi connectivity index (χ1) is 4.34. The summed E-state index contributed by atoms with van der Waals surface area (Å²) in [5.41, 5.74) is 0. The molecule has 9 heavy (non-hydrogen) atoms. The molecule has 0 fully saturated rings. The minimum Gasteiger partial charge on any atom is -0.496 e. The van der Waals surface area contributed by atoms with Gasteiger partial charge >= 0.3 is 0 Å². The van der Waals surface area contributed by atoms with Crippen LogP contribution in [-0.2, 0) is 4.74 Å². The van der Waals surface area contributed by atoms with E-state index in [-0.39, 0.29) is 0 Å². The van der Waals surface area contributed by atoms with Gasteiger partial charge in [0.15, 0.2) is 0 Å². The molecule has 2 nitrogen and oxygen atoms in total. The van der Waals surface area contributed by atoms with E-state index >= 15 is 0 Å². The quantitative estimate of drug-likeness (QED) is 0.595. The van der Waals surface area contributed by atoms with Crippen molar-refractivity contribution in [3.8, 4) is 0 Å². The number of hydrogen-bond donors (Lipinski definition) is 1. The molecule has 2 unspecified atom stereocenters. The van der Waals surface area contributed by atoms with Crippen molar-refractivity contribution in [2.24, 2.45) is 0 Å². The van der Waals surface area contributed by atoms with E-state index in [9.17, 15) is 0 Å². The second-order valence-corrected chi connectivity index (χ2v) is 2.36. The Morgan fingerprint density at radius 3 is 3.00 bits per heavy atom. The molecule has 1 aliphatic heterocycles. The topological polar surface area (TPSA) is 21.3 Å².